The minimum absolute atomic E-state index is 0.647. The highest BCUT2D eigenvalue weighted by Crippen LogP contribution is 2.26. The van der Waals surface area contributed by atoms with E-state index < -0.39 is 0 Å². The summed E-state index contributed by atoms with van der Waals surface area (Å²) in [4.78, 5) is 8.79. The molecular formula is C16H17ClN4S. The minimum atomic E-state index is 0.647. The average Bonchev–Trinajstić information content (AvgIpc) is 3.09. The smallest absolute Gasteiger partial charge is 0.173 e. The van der Waals surface area contributed by atoms with Crippen LogP contribution < -0.4 is 0 Å². The Labute approximate surface area is 139 Å². The van der Waals surface area contributed by atoms with Crippen LogP contribution in [0.15, 0.2) is 41.9 Å². The molecule has 0 saturated carbocycles. The van der Waals surface area contributed by atoms with Crippen LogP contribution in [-0.4, -0.2) is 19.1 Å². The lowest BCUT2D eigenvalue weighted by Crippen LogP contribution is -2.01. The van der Waals surface area contributed by atoms with Crippen molar-refractivity contribution >= 4 is 23.4 Å². The molecule has 0 amide bonds. The number of benzene rings is 1. The molecule has 0 saturated heterocycles. The number of aromatic nitrogens is 4. The summed E-state index contributed by atoms with van der Waals surface area (Å²) in [7, 11) is 1.92. The van der Waals surface area contributed by atoms with Gasteiger partial charge in [-0.3, -0.25) is 4.57 Å². The lowest BCUT2D eigenvalue weighted by atomic mass is 10.1. The molecule has 3 aromatic rings. The van der Waals surface area contributed by atoms with Crippen LogP contribution in [0.4, 0.5) is 0 Å². The van der Waals surface area contributed by atoms with Gasteiger partial charge in [-0.25, -0.2) is 9.97 Å². The summed E-state index contributed by atoms with van der Waals surface area (Å²) >= 11 is 7.68. The predicted molar refractivity (Wildman–Crippen MR) is 90.8 cm³/mol. The molecule has 0 spiro atoms. The average molecular weight is 333 g/mol. The zero-order valence-corrected chi connectivity index (χ0v) is 14.3. The highest BCUT2D eigenvalue weighted by molar-refractivity contribution is 7.98. The van der Waals surface area contributed by atoms with Crippen molar-refractivity contribution in [2.24, 2.45) is 7.05 Å². The lowest BCUT2D eigenvalue weighted by molar-refractivity contribution is 0.842. The predicted octanol–water partition coefficient (Wildman–Crippen LogP) is 4.17. The summed E-state index contributed by atoms with van der Waals surface area (Å²) in [5.41, 5.74) is 3.71. The van der Waals surface area contributed by atoms with Gasteiger partial charge in [0.2, 0.25) is 0 Å². The normalized spacial score (nSPS) is 11.1. The van der Waals surface area contributed by atoms with Crippen LogP contribution in [0, 0.1) is 13.8 Å². The van der Waals surface area contributed by atoms with E-state index in [2.05, 4.69) is 46.6 Å². The van der Waals surface area contributed by atoms with Gasteiger partial charge in [-0.2, -0.15) is 0 Å². The monoisotopic (exact) mass is 332 g/mol. The summed E-state index contributed by atoms with van der Waals surface area (Å²) < 4.78 is 4.01. The first-order chi connectivity index (χ1) is 10.6. The second-order valence-corrected chi connectivity index (χ2v) is 6.47. The van der Waals surface area contributed by atoms with E-state index in [1.165, 1.54) is 11.1 Å². The van der Waals surface area contributed by atoms with E-state index in [0.29, 0.717) is 5.15 Å². The fourth-order valence-electron chi connectivity index (χ4n) is 2.26. The number of rotatable bonds is 4. The molecule has 1 aromatic carbocycles. The lowest BCUT2D eigenvalue weighted by Gasteiger charge is -2.12. The highest BCUT2D eigenvalue weighted by Gasteiger charge is 2.11. The third-order valence-corrected chi connectivity index (χ3v) is 5.11. The zero-order chi connectivity index (χ0) is 15.7. The van der Waals surface area contributed by atoms with Crippen molar-refractivity contribution in [3.05, 3.63) is 58.9 Å². The van der Waals surface area contributed by atoms with E-state index in [1.807, 2.05) is 24.0 Å². The Balaban J connectivity index is 1.86. The van der Waals surface area contributed by atoms with Crippen LogP contribution in [0.1, 0.15) is 17.0 Å². The fourth-order valence-corrected chi connectivity index (χ4v) is 3.37. The van der Waals surface area contributed by atoms with Crippen LogP contribution in [-0.2, 0) is 12.8 Å². The van der Waals surface area contributed by atoms with E-state index in [-0.39, 0.29) is 0 Å². The molecule has 0 unspecified atom stereocenters. The molecule has 3 rings (SSSR count). The first-order valence-corrected chi connectivity index (χ1v) is 8.33. The van der Waals surface area contributed by atoms with Crippen molar-refractivity contribution in [3.8, 4) is 5.69 Å². The van der Waals surface area contributed by atoms with Gasteiger partial charge in [-0.1, -0.05) is 35.5 Å². The molecule has 0 fully saturated rings. The van der Waals surface area contributed by atoms with Gasteiger partial charge in [0.05, 0.1) is 17.6 Å². The first kappa shape index (κ1) is 15.2. The van der Waals surface area contributed by atoms with Crippen LogP contribution in [0.3, 0.4) is 0 Å². The highest BCUT2D eigenvalue weighted by atomic mass is 35.5. The largest absolute Gasteiger partial charge is 0.322 e. The van der Waals surface area contributed by atoms with E-state index in [0.717, 1.165) is 22.4 Å². The third-order valence-electron chi connectivity index (χ3n) is 3.80. The van der Waals surface area contributed by atoms with Gasteiger partial charge in [0.1, 0.15) is 11.0 Å². The van der Waals surface area contributed by atoms with Crippen LogP contribution in [0.25, 0.3) is 5.69 Å². The zero-order valence-electron chi connectivity index (χ0n) is 12.7. The maximum Gasteiger partial charge on any atom is 0.173 e. The number of hydrogen-bond acceptors (Lipinski definition) is 3. The molecule has 0 N–H and O–H groups in total. The van der Waals surface area contributed by atoms with Gasteiger partial charge in [0, 0.05) is 19.4 Å². The molecule has 22 heavy (non-hydrogen) atoms. The Kier molecular flexibility index (Phi) is 4.27. The van der Waals surface area contributed by atoms with Crippen molar-refractivity contribution in [1.82, 2.24) is 19.1 Å². The summed E-state index contributed by atoms with van der Waals surface area (Å²) in [5, 5.41) is 1.60. The first-order valence-electron chi connectivity index (χ1n) is 6.96. The summed E-state index contributed by atoms with van der Waals surface area (Å²) in [6.45, 7) is 4.26. The standard InChI is InChI=1S/C16H17ClN4S/c1-11-5-4-6-13(12(11)2)21-8-7-18-16(21)22-10-15-19-9-14(17)20(15)3/h4-9H,10H2,1-3H3. The molecule has 114 valence electrons. The van der Waals surface area contributed by atoms with Crippen LogP contribution in [0.2, 0.25) is 5.15 Å². The maximum atomic E-state index is 6.03. The molecule has 0 aliphatic rings. The Morgan fingerprint density at radius 3 is 2.77 bits per heavy atom. The number of imidazole rings is 2. The van der Waals surface area contributed by atoms with Crippen molar-refractivity contribution in [2.75, 3.05) is 0 Å². The molecule has 0 aliphatic carbocycles. The number of hydrogen-bond donors (Lipinski definition) is 0. The van der Waals surface area contributed by atoms with Gasteiger partial charge < -0.3 is 4.57 Å². The number of thioether (sulfide) groups is 1. The van der Waals surface area contributed by atoms with Gasteiger partial charge >= 0.3 is 0 Å². The topological polar surface area (TPSA) is 35.6 Å². The number of halogens is 1. The quantitative estimate of drug-likeness (QED) is 0.673. The van der Waals surface area contributed by atoms with Crippen LogP contribution in [0.5, 0.6) is 0 Å². The molecule has 6 heteroatoms. The summed E-state index contributed by atoms with van der Waals surface area (Å²) in [5.74, 6) is 1.66. The molecule has 0 aliphatic heterocycles. The van der Waals surface area contributed by atoms with Crippen molar-refractivity contribution in [3.63, 3.8) is 0 Å². The second-order valence-electron chi connectivity index (χ2n) is 5.14. The molecule has 2 aromatic heterocycles. The van der Waals surface area contributed by atoms with Gasteiger partial charge in [-0.05, 0) is 31.0 Å². The summed E-state index contributed by atoms with van der Waals surface area (Å²) in [6, 6.07) is 6.31. The molecule has 0 bridgehead atoms. The van der Waals surface area contributed by atoms with E-state index in [9.17, 15) is 0 Å². The van der Waals surface area contributed by atoms with Gasteiger partial charge in [-0.15, -0.1) is 0 Å². The fraction of sp³-hybridized carbons (Fsp3) is 0.250. The molecule has 0 radical (unpaired) electrons. The third kappa shape index (κ3) is 2.78. The Morgan fingerprint density at radius 1 is 1.23 bits per heavy atom. The molecule has 4 nitrogen and oxygen atoms in total. The second kappa shape index (κ2) is 6.18. The SMILES string of the molecule is Cc1cccc(-n2ccnc2SCc2ncc(Cl)n2C)c1C. The van der Waals surface area contributed by atoms with E-state index >= 15 is 0 Å². The maximum absolute atomic E-state index is 6.03. The van der Waals surface area contributed by atoms with Gasteiger partial charge in [0.25, 0.3) is 0 Å². The van der Waals surface area contributed by atoms with Gasteiger partial charge in [0.15, 0.2) is 5.16 Å². The molecule has 2 heterocycles. The number of nitrogens with zero attached hydrogens (tertiary/aromatic N) is 4. The van der Waals surface area contributed by atoms with Crippen LogP contribution >= 0.6 is 23.4 Å². The van der Waals surface area contributed by atoms with E-state index in [4.69, 9.17) is 11.6 Å². The Hall–Kier alpha value is -1.72. The Morgan fingerprint density at radius 2 is 2.05 bits per heavy atom. The van der Waals surface area contributed by atoms with Crippen molar-refractivity contribution in [2.45, 2.75) is 24.8 Å². The molecular weight excluding hydrogens is 316 g/mol. The number of aryl methyl sites for hydroxylation is 1. The minimum Gasteiger partial charge on any atom is -0.322 e. The molecule has 0 atom stereocenters. The Bertz CT molecular complexity index is 806. The van der Waals surface area contributed by atoms with Crippen molar-refractivity contribution in [1.29, 1.82) is 0 Å². The van der Waals surface area contributed by atoms with E-state index in [1.54, 1.807) is 18.0 Å². The van der Waals surface area contributed by atoms with Crippen molar-refractivity contribution < 1.29 is 0 Å². The summed E-state index contributed by atoms with van der Waals surface area (Å²) in [6.07, 6.45) is 5.50.